The molecule has 0 amide bonds. The van der Waals surface area contributed by atoms with Crippen molar-refractivity contribution < 1.29 is 19.4 Å². The van der Waals surface area contributed by atoms with Crippen LogP contribution in [0.2, 0.25) is 0 Å². The Morgan fingerprint density at radius 2 is 2.00 bits per heavy atom. The van der Waals surface area contributed by atoms with Gasteiger partial charge in [-0.1, -0.05) is 0 Å². The normalized spacial score (nSPS) is 20.6. The van der Waals surface area contributed by atoms with E-state index in [0.717, 1.165) is 31.7 Å². The molecule has 2 aliphatic rings. The minimum absolute atomic E-state index is 0.131. The molecule has 3 heterocycles. The number of carboxylic acids is 1. The molecule has 0 aliphatic carbocycles. The lowest BCUT2D eigenvalue weighted by molar-refractivity contribution is -0.144. The lowest BCUT2D eigenvalue weighted by Crippen LogP contribution is -2.37. The first-order valence-corrected chi connectivity index (χ1v) is 8.44. The molecule has 0 aromatic carbocycles. The van der Waals surface area contributed by atoms with Gasteiger partial charge in [0, 0.05) is 39.0 Å². The van der Waals surface area contributed by atoms with E-state index in [2.05, 4.69) is 20.2 Å². The standard InChI is InChI=1S/C16H24N4O4/c21-15(22)13(12-2-7-23-8-3-12)11-18-16-17-4-1-14(19-16)20-5-9-24-10-6-20/h1,4,12-13H,2-3,5-11H2,(H,21,22)(H,17,18,19). The number of nitrogens with zero attached hydrogens (tertiary/aromatic N) is 3. The Morgan fingerprint density at radius 3 is 2.71 bits per heavy atom. The van der Waals surface area contributed by atoms with E-state index in [-0.39, 0.29) is 5.92 Å². The topological polar surface area (TPSA) is 96.8 Å². The maximum atomic E-state index is 11.6. The van der Waals surface area contributed by atoms with Crippen molar-refractivity contribution in [1.82, 2.24) is 9.97 Å². The SMILES string of the molecule is O=C(O)C(CNc1nccc(N2CCOCC2)n1)C1CCOCC1. The van der Waals surface area contributed by atoms with Gasteiger partial charge in [-0.05, 0) is 24.8 Å². The summed E-state index contributed by atoms with van der Waals surface area (Å²) in [6.07, 6.45) is 3.27. The predicted octanol–water partition coefficient (Wildman–Crippen LogP) is 0.852. The summed E-state index contributed by atoms with van der Waals surface area (Å²) < 4.78 is 10.7. The van der Waals surface area contributed by atoms with Gasteiger partial charge in [-0.3, -0.25) is 4.79 Å². The molecule has 132 valence electrons. The molecule has 0 radical (unpaired) electrons. The number of aliphatic carboxylic acids is 1. The third kappa shape index (κ3) is 4.33. The molecule has 2 aliphatic heterocycles. The first kappa shape index (κ1) is 16.9. The minimum Gasteiger partial charge on any atom is -0.481 e. The van der Waals surface area contributed by atoms with E-state index in [1.165, 1.54) is 0 Å². The highest BCUT2D eigenvalue weighted by Crippen LogP contribution is 2.24. The number of nitrogens with one attached hydrogen (secondary N) is 1. The van der Waals surface area contributed by atoms with E-state index in [1.807, 2.05) is 6.07 Å². The van der Waals surface area contributed by atoms with E-state index in [0.29, 0.717) is 38.9 Å². The molecule has 1 aromatic heterocycles. The highest BCUT2D eigenvalue weighted by atomic mass is 16.5. The molecule has 1 unspecified atom stereocenters. The number of ether oxygens (including phenoxy) is 2. The Labute approximate surface area is 141 Å². The van der Waals surface area contributed by atoms with Crippen LogP contribution in [0.3, 0.4) is 0 Å². The van der Waals surface area contributed by atoms with Crippen LogP contribution in [0.1, 0.15) is 12.8 Å². The fourth-order valence-electron chi connectivity index (χ4n) is 3.18. The first-order chi connectivity index (χ1) is 11.7. The minimum atomic E-state index is -0.779. The van der Waals surface area contributed by atoms with Gasteiger partial charge in [-0.25, -0.2) is 4.98 Å². The quantitative estimate of drug-likeness (QED) is 0.789. The molecule has 1 aromatic rings. The van der Waals surface area contributed by atoms with Crippen LogP contribution in [0.4, 0.5) is 11.8 Å². The Kier molecular flexibility index (Phi) is 5.81. The van der Waals surface area contributed by atoms with Crippen LogP contribution in [-0.2, 0) is 14.3 Å². The van der Waals surface area contributed by atoms with Gasteiger partial charge in [0.05, 0.1) is 19.1 Å². The molecule has 2 saturated heterocycles. The lowest BCUT2D eigenvalue weighted by atomic mass is 9.86. The highest BCUT2D eigenvalue weighted by Gasteiger charge is 2.29. The molecule has 2 fully saturated rings. The summed E-state index contributed by atoms with van der Waals surface area (Å²) in [6, 6.07) is 1.86. The van der Waals surface area contributed by atoms with Gasteiger partial charge in [0.25, 0.3) is 0 Å². The van der Waals surface area contributed by atoms with Crippen molar-refractivity contribution >= 4 is 17.7 Å². The van der Waals surface area contributed by atoms with Crippen molar-refractivity contribution in [3.63, 3.8) is 0 Å². The van der Waals surface area contributed by atoms with Gasteiger partial charge in [0.1, 0.15) is 5.82 Å². The molecule has 0 spiro atoms. The van der Waals surface area contributed by atoms with Gasteiger partial charge in [0.2, 0.25) is 5.95 Å². The summed E-state index contributed by atoms with van der Waals surface area (Å²) in [5.41, 5.74) is 0. The third-order valence-corrected chi connectivity index (χ3v) is 4.61. The lowest BCUT2D eigenvalue weighted by Gasteiger charge is -2.28. The molecule has 24 heavy (non-hydrogen) atoms. The zero-order valence-corrected chi connectivity index (χ0v) is 13.7. The first-order valence-electron chi connectivity index (χ1n) is 8.44. The predicted molar refractivity (Wildman–Crippen MR) is 88.2 cm³/mol. The molecular weight excluding hydrogens is 312 g/mol. The number of morpholine rings is 1. The van der Waals surface area contributed by atoms with Crippen LogP contribution >= 0.6 is 0 Å². The van der Waals surface area contributed by atoms with Crippen molar-refractivity contribution in [3.8, 4) is 0 Å². The van der Waals surface area contributed by atoms with Crippen molar-refractivity contribution in [2.24, 2.45) is 11.8 Å². The monoisotopic (exact) mass is 336 g/mol. The Hall–Kier alpha value is -1.93. The summed E-state index contributed by atoms with van der Waals surface area (Å²) in [5, 5.41) is 12.6. The molecule has 0 bridgehead atoms. The van der Waals surface area contributed by atoms with Crippen molar-refractivity contribution in [2.75, 3.05) is 56.3 Å². The Balaban J connectivity index is 1.60. The summed E-state index contributed by atoms with van der Waals surface area (Å²) in [7, 11) is 0. The molecule has 1 atom stereocenters. The van der Waals surface area contributed by atoms with Gasteiger partial charge >= 0.3 is 5.97 Å². The van der Waals surface area contributed by atoms with E-state index in [9.17, 15) is 9.90 Å². The summed E-state index contributed by atoms with van der Waals surface area (Å²) in [6.45, 7) is 4.59. The van der Waals surface area contributed by atoms with Crippen molar-refractivity contribution in [1.29, 1.82) is 0 Å². The van der Waals surface area contributed by atoms with E-state index < -0.39 is 11.9 Å². The van der Waals surface area contributed by atoms with Crippen LogP contribution in [-0.4, -0.2) is 67.1 Å². The van der Waals surface area contributed by atoms with E-state index in [4.69, 9.17) is 9.47 Å². The largest absolute Gasteiger partial charge is 0.481 e. The third-order valence-electron chi connectivity index (χ3n) is 4.61. The second-order valence-electron chi connectivity index (χ2n) is 6.11. The number of carbonyl (C=O) groups is 1. The fraction of sp³-hybridized carbons (Fsp3) is 0.688. The van der Waals surface area contributed by atoms with E-state index in [1.54, 1.807) is 6.20 Å². The summed E-state index contributed by atoms with van der Waals surface area (Å²) in [5.74, 6) is 0.209. The van der Waals surface area contributed by atoms with Crippen LogP contribution in [0.25, 0.3) is 0 Å². The van der Waals surface area contributed by atoms with Crippen LogP contribution < -0.4 is 10.2 Å². The number of hydrogen-bond donors (Lipinski definition) is 2. The summed E-state index contributed by atoms with van der Waals surface area (Å²) >= 11 is 0. The maximum absolute atomic E-state index is 11.6. The fourth-order valence-corrected chi connectivity index (χ4v) is 3.18. The van der Waals surface area contributed by atoms with Crippen LogP contribution in [0.15, 0.2) is 12.3 Å². The number of hydrogen-bond acceptors (Lipinski definition) is 7. The molecule has 3 rings (SSSR count). The van der Waals surface area contributed by atoms with Crippen molar-refractivity contribution in [3.05, 3.63) is 12.3 Å². The zero-order chi connectivity index (χ0) is 16.8. The maximum Gasteiger partial charge on any atom is 0.308 e. The zero-order valence-electron chi connectivity index (χ0n) is 13.7. The molecule has 8 heteroatoms. The smallest absolute Gasteiger partial charge is 0.308 e. The van der Waals surface area contributed by atoms with Gasteiger partial charge in [-0.2, -0.15) is 4.98 Å². The number of aromatic nitrogens is 2. The highest BCUT2D eigenvalue weighted by molar-refractivity contribution is 5.71. The van der Waals surface area contributed by atoms with Gasteiger partial charge < -0.3 is 24.8 Å². The number of rotatable bonds is 6. The molecule has 2 N–H and O–H groups in total. The van der Waals surface area contributed by atoms with Gasteiger partial charge in [0.15, 0.2) is 0 Å². The Bertz CT molecular complexity index is 545. The van der Waals surface area contributed by atoms with Crippen LogP contribution in [0, 0.1) is 11.8 Å². The molecule has 8 nitrogen and oxygen atoms in total. The summed E-state index contributed by atoms with van der Waals surface area (Å²) in [4.78, 5) is 22.4. The molecular formula is C16H24N4O4. The average molecular weight is 336 g/mol. The Morgan fingerprint density at radius 1 is 1.29 bits per heavy atom. The second-order valence-corrected chi connectivity index (χ2v) is 6.11. The number of carboxylic acid groups (broad SMARTS) is 1. The average Bonchev–Trinajstić information content (AvgIpc) is 2.63. The van der Waals surface area contributed by atoms with E-state index >= 15 is 0 Å². The van der Waals surface area contributed by atoms with Crippen molar-refractivity contribution in [2.45, 2.75) is 12.8 Å². The second kappa shape index (κ2) is 8.25. The van der Waals surface area contributed by atoms with Crippen LogP contribution in [0.5, 0.6) is 0 Å². The number of anilines is 2. The molecule has 0 saturated carbocycles. The van der Waals surface area contributed by atoms with Gasteiger partial charge in [-0.15, -0.1) is 0 Å².